The summed E-state index contributed by atoms with van der Waals surface area (Å²) in [7, 11) is -0.950. The topological polar surface area (TPSA) is 124 Å². The zero-order valence-electron chi connectivity index (χ0n) is 22.8. The quantitative estimate of drug-likeness (QED) is 0.174. The van der Waals surface area contributed by atoms with Crippen molar-refractivity contribution < 1.29 is 22.7 Å². The van der Waals surface area contributed by atoms with Gasteiger partial charge in [-0.25, -0.2) is 18.5 Å². The Morgan fingerprint density at radius 2 is 1.62 bits per heavy atom. The summed E-state index contributed by atoms with van der Waals surface area (Å²) in [5.41, 5.74) is 5.87. The first-order valence-corrected chi connectivity index (χ1v) is 14.2. The molecule has 0 spiro atoms. The largest absolute Gasteiger partial charge is 0.497 e. The highest BCUT2D eigenvalue weighted by Crippen LogP contribution is 2.27. The van der Waals surface area contributed by atoms with Gasteiger partial charge in [0.25, 0.3) is 15.9 Å². The van der Waals surface area contributed by atoms with Crippen LogP contribution >= 0.6 is 0 Å². The van der Waals surface area contributed by atoms with Crippen molar-refractivity contribution in [2.24, 2.45) is 5.10 Å². The van der Waals surface area contributed by atoms with Crippen LogP contribution in [0, 0.1) is 0 Å². The van der Waals surface area contributed by atoms with Crippen LogP contribution in [0.25, 0.3) is 16.9 Å². The second-order valence-electron chi connectivity index (χ2n) is 8.97. The maximum absolute atomic E-state index is 13.0. The average molecular weight is 582 g/mol. The summed E-state index contributed by atoms with van der Waals surface area (Å²) < 4.78 is 40.8. The van der Waals surface area contributed by atoms with Crippen molar-refractivity contribution in [3.05, 3.63) is 120 Å². The van der Waals surface area contributed by atoms with Crippen molar-refractivity contribution in [3.63, 3.8) is 0 Å². The molecule has 10 nitrogen and oxygen atoms in total. The van der Waals surface area contributed by atoms with Gasteiger partial charge in [0.2, 0.25) is 0 Å². The number of hydrazone groups is 1. The third-order valence-corrected chi connectivity index (χ3v) is 7.62. The molecular formula is C31H27N5O5S. The summed E-state index contributed by atoms with van der Waals surface area (Å²) >= 11 is 0. The first-order chi connectivity index (χ1) is 20.4. The molecule has 2 N–H and O–H groups in total. The number of methoxy groups -OCH3 is 2. The first-order valence-electron chi connectivity index (χ1n) is 12.8. The number of sulfonamides is 1. The van der Waals surface area contributed by atoms with Crippen molar-refractivity contribution in [3.8, 4) is 28.4 Å². The second-order valence-corrected chi connectivity index (χ2v) is 10.7. The molecule has 0 radical (unpaired) electrons. The standard InChI is InChI=1S/C31H27N5O5S/c1-40-26-17-15-22(16-18-26)30-24(21-36(34-30)25-10-4-3-5-11-25)20-32-33-31(37)23-9-8-12-27(19-23)42(38,39)35-28-13-6-7-14-29(28)41-2/h3-21,35H,1-2H3,(H,33,37)/b32-20-. The number of nitrogens with one attached hydrogen (secondary N) is 2. The molecular weight excluding hydrogens is 554 g/mol. The Morgan fingerprint density at radius 1 is 0.881 bits per heavy atom. The summed E-state index contributed by atoms with van der Waals surface area (Å²) in [5, 5.41) is 8.88. The van der Waals surface area contributed by atoms with E-state index >= 15 is 0 Å². The van der Waals surface area contributed by atoms with Gasteiger partial charge in [-0.3, -0.25) is 9.52 Å². The molecule has 0 aliphatic heterocycles. The van der Waals surface area contributed by atoms with E-state index in [1.54, 1.807) is 42.3 Å². The molecule has 1 amide bonds. The molecule has 0 aliphatic carbocycles. The minimum absolute atomic E-state index is 0.0871. The van der Waals surface area contributed by atoms with E-state index in [2.05, 4.69) is 15.2 Å². The summed E-state index contributed by atoms with van der Waals surface area (Å²) in [6.45, 7) is 0. The van der Waals surface area contributed by atoms with E-state index in [1.165, 1.54) is 37.6 Å². The smallest absolute Gasteiger partial charge is 0.271 e. The monoisotopic (exact) mass is 581 g/mol. The minimum Gasteiger partial charge on any atom is -0.497 e. The van der Waals surface area contributed by atoms with E-state index in [-0.39, 0.29) is 16.1 Å². The lowest BCUT2D eigenvalue weighted by molar-refractivity contribution is 0.0955. The molecule has 4 aromatic carbocycles. The van der Waals surface area contributed by atoms with Crippen molar-refractivity contribution in [2.75, 3.05) is 18.9 Å². The zero-order chi connectivity index (χ0) is 29.5. The Kier molecular flexibility index (Phi) is 8.30. The van der Waals surface area contributed by atoms with Crippen LogP contribution < -0.4 is 19.6 Å². The van der Waals surface area contributed by atoms with Gasteiger partial charge in [-0.2, -0.15) is 10.2 Å². The molecule has 1 aromatic heterocycles. The highest BCUT2D eigenvalue weighted by molar-refractivity contribution is 7.92. The third-order valence-electron chi connectivity index (χ3n) is 6.25. The average Bonchev–Trinajstić information content (AvgIpc) is 3.46. The van der Waals surface area contributed by atoms with Crippen LogP contribution in [0.5, 0.6) is 11.5 Å². The van der Waals surface area contributed by atoms with E-state index < -0.39 is 15.9 Å². The van der Waals surface area contributed by atoms with Crippen molar-refractivity contribution in [1.29, 1.82) is 0 Å². The van der Waals surface area contributed by atoms with Crippen LogP contribution in [0.3, 0.4) is 0 Å². The van der Waals surface area contributed by atoms with Gasteiger partial charge in [0.1, 0.15) is 17.2 Å². The molecule has 0 unspecified atom stereocenters. The number of anilines is 1. The van der Waals surface area contributed by atoms with Crippen molar-refractivity contribution in [2.45, 2.75) is 4.90 Å². The van der Waals surface area contributed by atoms with Gasteiger partial charge in [-0.1, -0.05) is 36.4 Å². The lowest BCUT2D eigenvalue weighted by Crippen LogP contribution is -2.19. The molecule has 0 aliphatic rings. The van der Waals surface area contributed by atoms with Gasteiger partial charge in [0.15, 0.2) is 0 Å². The number of para-hydroxylation sites is 3. The predicted octanol–water partition coefficient (Wildman–Crippen LogP) is 5.12. The second kappa shape index (κ2) is 12.4. The number of rotatable bonds is 10. The number of aromatic nitrogens is 2. The molecule has 0 bridgehead atoms. The number of ether oxygens (including phenoxy) is 2. The Hall–Kier alpha value is -5.42. The van der Waals surface area contributed by atoms with Gasteiger partial charge in [0, 0.05) is 22.9 Å². The summed E-state index contributed by atoms with van der Waals surface area (Å²) in [4.78, 5) is 12.8. The van der Waals surface area contributed by atoms with Crippen LogP contribution in [0.1, 0.15) is 15.9 Å². The molecule has 0 fully saturated rings. The maximum atomic E-state index is 13.0. The van der Waals surface area contributed by atoms with E-state index in [0.717, 1.165) is 11.3 Å². The van der Waals surface area contributed by atoms with Crippen LogP contribution in [0.15, 0.2) is 119 Å². The van der Waals surface area contributed by atoms with Gasteiger partial charge in [-0.15, -0.1) is 0 Å². The molecule has 11 heteroatoms. The Labute approximate surface area is 243 Å². The first kappa shape index (κ1) is 28.1. The fraction of sp³-hybridized carbons (Fsp3) is 0.0645. The molecule has 42 heavy (non-hydrogen) atoms. The van der Waals surface area contributed by atoms with E-state index in [9.17, 15) is 13.2 Å². The SMILES string of the molecule is COc1ccc(-c2nn(-c3ccccc3)cc2/C=N\NC(=O)c2cccc(S(=O)(=O)Nc3ccccc3OC)c2)cc1. The lowest BCUT2D eigenvalue weighted by atomic mass is 10.1. The van der Waals surface area contributed by atoms with Crippen LogP contribution in [-0.2, 0) is 10.0 Å². The van der Waals surface area contributed by atoms with Gasteiger partial charge < -0.3 is 9.47 Å². The Balaban J connectivity index is 1.37. The van der Waals surface area contributed by atoms with Crippen LogP contribution in [0.2, 0.25) is 0 Å². The minimum atomic E-state index is -4.00. The normalized spacial score (nSPS) is 11.3. The number of nitrogens with zero attached hydrogens (tertiary/aromatic N) is 3. The number of carbonyl (C=O) groups is 1. The molecule has 0 saturated heterocycles. The third kappa shape index (κ3) is 6.31. The fourth-order valence-corrected chi connectivity index (χ4v) is 5.25. The highest BCUT2D eigenvalue weighted by atomic mass is 32.2. The number of benzene rings is 4. The van der Waals surface area contributed by atoms with Crippen LogP contribution in [-0.4, -0.2) is 44.5 Å². The molecule has 1 heterocycles. The lowest BCUT2D eigenvalue weighted by Gasteiger charge is -2.12. The van der Waals surface area contributed by atoms with Gasteiger partial charge >= 0.3 is 0 Å². The molecule has 0 atom stereocenters. The predicted molar refractivity (Wildman–Crippen MR) is 161 cm³/mol. The molecule has 5 aromatic rings. The summed E-state index contributed by atoms with van der Waals surface area (Å²) in [6.07, 6.45) is 3.30. The number of hydrogen-bond donors (Lipinski definition) is 2. The number of amides is 1. The zero-order valence-corrected chi connectivity index (χ0v) is 23.6. The fourth-order valence-electron chi connectivity index (χ4n) is 4.13. The summed E-state index contributed by atoms with van der Waals surface area (Å²) in [5.74, 6) is 0.502. The van der Waals surface area contributed by atoms with Crippen LogP contribution in [0.4, 0.5) is 5.69 Å². The molecule has 0 saturated carbocycles. The maximum Gasteiger partial charge on any atom is 0.271 e. The summed E-state index contributed by atoms with van der Waals surface area (Å²) in [6, 6.07) is 29.4. The van der Waals surface area contributed by atoms with Gasteiger partial charge in [0.05, 0.1) is 36.7 Å². The molecule has 5 rings (SSSR count). The number of hydrogen-bond acceptors (Lipinski definition) is 7. The molecule has 212 valence electrons. The van der Waals surface area contributed by atoms with Crippen molar-refractivity contribution in [1.82, 2.24) is 15.2 Å². The Morgan fingerprint density at radius 3 is 2.36 bits per heavy atom. The van der Waals surface area contributed by atoms with E-state index in [0.29, 0.717) is 22.8 Å². The van der Waals surface area contributed by atoms with Crippen molar-refractivity contribution >= 4 is 27.8 Å². The van der Waals surface area contributed by atoms with E-state index in [4.69, 9.17) is 14.6 Å². The number of carbonyl (C=O) groups excluding carboxylic acids is 1. The van der Waals surface area contributed by atoms with E-state index in [1.807, 2.05) is 54.6 Å². The Bertz CT molecular complexity index is 1840. The highest BCUT2D eigenvalue weighted by Gasteiger charge is 2.18. The van der Waals surface area contributed by atoms with Gasteiger partial charge in [-0.05, 0) is 66.7 Å².